The fourth-order valence-corrected chi connectivity index (χ4v) is 1.92. The summed E-state index contributed by atoms with van der Waals surface area (Å²) < 4.78 is 1.09. The van der Waals surface area contributed by atoms with E-state index in [1.807, 2.05) is 18.2 Å². The summed E-state index contributed by atoms with van der Waals surface area (Å²) in [5.74, 6) is -0.658. The summed E-state index contributed by atoms with van der Waals surface area (Å²) in [4.78, 5) is 23.5. The van der Waals surface area contributed by atoms with Gasteiger partial charge in [0.15, 0.2) is 5.69 Å². The van der Waals surface area contributed by atoms with Gasteiger partial charge in [0.05, 0.1) is 23.3 Å². The zero-order valence-electron chi connectivity index (χ0n) is 9.60. The molecule has 1 aromatic heterocycles. The van der Waals surface area contributed by atoms with Crippen LogP contribution in [0.4, 0.5) is 17.1 Å². The first kappa shape index (κ1) is 10.5. The Morgan fingerprint density at radius 3 is 2.50 bits per heavy atom. The summed E-state index contributed by atoms with van der Waals surface area (Å²) in [6, 6.07) is 7.32. The molecule has 1 aromatic carbocycles. The minimum atomic E-state index is -0.352. The molecule has 6 heteroatoms. The first-order valence-electron chi connectivity index (χ1n) is 5.43. The number of fused-ring (bicyclic) bond motifs is 2. The number of hydrogen-bond acceptors (Lipinski definition) is 4. The van der Waals surface area contributed by atoms with E-state index in [2.05, 4.69) is 15.7 Å². The summed E-state index contributed by atoms with van der Waals surface area (Å²) in [6.07, 6.45) is 1.47. The van der Waals surface area contributed by atoms with E-state index in [0.717, 1.165) is 10.4 Å². The van der Waals surface area contributed by atoms with E-state index in [1.165, 1.54) is 13.1 Å². The molecule has 3 rings (SSSR count). The molecule has 2 aromatic rings. The van der Waals surface area contributed by atoms with Crippen molar-refractivity contribution in [2.24, 2.45) is 0 Å². The molecule has 18 heavy (non-hydrogen) atoms. The highest BCUT2D eigenvalue weighted by Crippen LogP contribution is 2.31. The number of aromatic nitrogens is 2. The number of benzene rings is 1. The van der Waals surface area contributed by atoms with Crippen molar-refractivity contribution in [2.75, 3.05) is 10.6 Å². The molecule has 1 aliphatic rings. The molecule has 0 aliphatic carbocycles. The molecule has 0 saturated carbocycles. The van der Waals surface area contributed by atoms with Crippen LogP contribution in [0.15, 0.2) is 30.5 Å². The van der Waals surface area contributed by atoms with Gasteiger partial charge in [0.1, 0.15) is 0 Å². The van der Waals surface area contributed by atoms with E-state index in [4.69, 9.17) is 0 Å². The molecule has 0 spiro atoms. The standard InChI is InChI=1S/C12H10N4O2/c1-7(17)16-11-10(6-13-16)14-8-4-2-3-5-9(8)15-12(11)18/h2-6,14H,1H3,(H,15,18). The van der Waals surface area contributed by atoms with E-state index in [9.17, 15) is 9.59 Å². The average molecular weight is 242 g/mol. The van der Waals surface area contributed by atoms with Crippen molar-refractivity contribution in [2.45, 2.75) is 6.92 Å². The maximum absolute atomic E-state index is 12.1. The van der Waals surface area contributed by atoms with Gasteiger partial charge < -0.3 is 10.6 Å². The molecular weight excluding hydrogens is 232 g/mol. The van der Waals surface area contributed by atoms with Crippen molar-refractivity contribution in [1.29, 1.82) is 0 Å². The van der Waals surface area contributed by atoms with E-state index in [-0.39, 0.29) is 17.5 Å². The molecule has 1 amide bonds. The minimum absolute atomic E-state index is 0.221. The summed E-state index contributed by atoms with van der Waals surface area (Å²) in [5.41, 5.74) is 2.19. The topological polar surface area (TPSA) is 76.0 Å². The van der Waals surface area contributed by atoms with Gasteiger partial charge in [-0.25, -0.2) is 0 Å². The lowest BCUT2D eigenvalue weighted by Crippen LogP contribution is -2.20. The maximum atomic E-state index is 12.1. The van der Waals surface area contributed by atoms with Gasteiger partial charge in [-0.3, -0.25) is 9.59 Å². The van der Waals surface area contributed by atoms with Gasteiger partial charge in [-0.2, -0.15) is 9.78 Å². The molecule has 2 N–H and O–H groups in total. The molecule has 2 heterocycles. The Labute approximate surface area is 103 Å². The zero-order chi connectivity index (χ0) is 12.7. The number of nitrogens with one attached hydrogen (secondary N) is 2. The normalized spacial score (nSPS) is 12.8. The second kappa shape index (κ2) is 3.69. The van der Waals surface area contributed by atoms with Gasteiger partial charge in [-0.1, -0.05) is 12.1 Å². The van der Waals surface area contributed by atoms with Gasteiger partial charge in [-0.15, -0.1) is 0 Å². The summed E-state index contributed by atoms with van der Waals surface area (Å²) >= 11 is 0. The fraction of sp³-hybridized carbons (Fsp3) is 0.0833. The minimum Gasteiger partial charge on any atom is -0.351 e. The smallest absolute Gasteiger partial charge is 0.276 e. The Hall–Kier alpha value is -2.63. The van der Waals surface area contributed by atoms with Crippen LogP contribution in [-0.2, 0) is 0 Å². The van der Waals surface area contributed by atoms with Crippen molar-refractivity contribution in [3.8, 4) is 0 Å². The van der Waals surface area contributed by atoms with Gasteiger partial charge in [-0.05, 0) is 12.1 Å². The molecule has 0 bridgehead atoms. The highest BCUT2D eigenvalue weighted by Gasteiger charge is 2.25. The van der Waals surface area contributed by atoms with E-state index < -0.39 is 0 Å². The second-order valence-corrected chi connectivity index (χ2v) is 3.96. The third kappa shape index (κ3) is 1.46. The summed E-state index contributed by atoms with van der Waals surface area (Å²) in [5, 5.41) is 9.74. The maximum Gasteiger partial charge on any atom is 0.276 e. The Kier molecular flexibility index (Phi) is 2.16. The van der Waals surface area contributed by atoms with Crippen LogP contribution in [0.1, 0.15) is 22.2 Å². The Balaban J connectivity index is 2.17. The van der Waals surface area contributed by atoms with Crippen molar-refractivity contribution in [3.05, 3.63) is 36.2 Å². The van der Waals surface area contributed by atoms with Crippen molar-refractivity contribution in [1.82, 2.24) is 9.78 Å². The number of rotatable bonds is 0. The highest BCUT2D eigenvalue weighted by molar-refractivity contribution is 6.12. The fourth-order valence-electron chi connectivity index (χ4n) is 1.92. The molecule has 6 nitrogen and oxygen atoms in total. The molecule has 0 radical (unpaired) electrons. The Bertz CT molecular complexity index is 660. The predicted molar refractivity (Wildman–Crippen MR) is 66.2 cm³/mol. The van der Waals surface area contributed by atoms with E-state index in [0.29, 0.717) is 11.4 Å². The Morgan fingerprint density at radius 1 is 1.17 bits per heavy atom. The third-order valence-corrected chi connectivity index (χ3v) is 2.73. The number of hydrogen-bond donors (Lipinski definition) is 2. The van der Waals surface area contributed by atoms with Crippen molar-refractivity contribution < 1.29 is 9.59 Å². The molecular formula is C12H10N4O2. The van der Waals surface area contributed by atoms with Crippen molar-refractivity contribution in [3.63, 3.8) is 0 Å². The Morgan fingerprint density at radius 2 is 1.83 bits per heavy atom. The number of carbonyl (C=O) groups is 2. The molecule has 0 atom stereocenters. The van der Waals surface area contributed by atoms with Crippen LogP contribution in [0, 0.1) is 0 Å². The number of nitrogens with zero attached hydrogens (tertiary/aromatic N) is 2. The zero-order valence-corrected chi connectivity index (χ0v) is 9.60. The third-order valence-electron chi connectivity index (χ3n) is 2.73. The lowest BCUT2D eigenvalue weighted by atomic mass is 10.2. The molecule has 90 valence electrons. The second-order valence-electron chi connectivity index (χ2n) is 3.96. The van der Waals surface area contributed by atoms with Gasteiger partial charge in [0.25, 0.3) is 5.91 Å². The summed E-state index contributed by atoms with van der Waals surface area (Å²) in [6.45, 7) is 1.36. The molecule has 0 fully saturated rings. The molecule has 0 unspecified atom stereocenters. The monoisotopic (exact) mass is 242 g/mol. The van der Waals surface area contributed by atoms with E-state index in [1.54, 1.807) is 6.07 Å². The number of anilines is 3. The number of para-hydroxylation sites is 2. The van der Waals surface area contributed by atoms with Gasteiger partial charge >= 0.3 is 0 Å². The SMILES string of the molecule is CC(=O)n1ncc2c1C(=O)Nc1ccccc1N2. The van der Waals surface area contributed by atoms with Crippen LogP contribution in [-0.4, -0.2) is 21.6 Å². The van der Waals surface area contributed by atoms with Crippen LogP contribution in [0.5, 0.6) is 0 Å². The first-order chi connectivity index (χ1) is 8.66. The lowest BCUT2D eigenvalue weighted by molar-refractivity contribution is 0.0896. The van der Waals surface area contributed by atoms with Crippen LogP contribution < -0.4 is 10.6 Å². The number of carbonyl (C=O) groups excluding carboxylic acids is 2. The molecule has 0 saturated heterocycles. The highest BCUT2D eigenvalue weighted by atomic mass is 16.2. The first-order valence-corrected chi connectivity index (χ1v) is 5.43. The van der Waals surface area contributed by atoms with Crippen molar-refractivity contribution >= 4 is 28.9 Å². The summed E-state index contributed by atoms with van der Waals surface area (Å²) in [7, 11) is 0. The average Bonchev–Trinajstić information content (AvgIpc) is 2.70. The molecule has 1 aliphatic heterocycles. The van der Waals surface area contributed by atoms with E-state index >= 15 is 0 Å². The quantitative estimate of drug-likeness (QED) is 0.739. The number of amides is 1. The van der Waals surface area contributed by atoms with Gasteiger partial charge in [0.2, 0.25) is 5.91 Å². The van der Waals surface area contributed by atoms with Crippen LogP contribution in [0.2, 0.25) is 0 Å². The van der Waals surface area contributed by atoms with Crippen LogP contribution >= 0.6 is 0 Å². The van der Waals surface area contributed by atoms with Crippen LogP contribution in [0.25, 0.3) is 0 Å². The predicted octanol–water partition coefficient (Wildman–Crippen LogP) is 1.85. The van der Waals surface area contributed by atoms with Gasteiger partial charge in [0, 0.05) is 6.92 Å². The van der Waals surface area contributed by atoms with Crippen LogP contribution in [0.3, 0.4) is 0 Å². The lowest BCUT2D eigenvalue weighted by Gasteiger charge is -2.06. The largest absolute Gasteiger partial charge is 0.351 e.